The second-order valence-electron chi connectivity index (χ2n) is 5.45. The van der Waals surface area contributed by atoms with Crippen molar-refractivity contribution < 1.29 is 22.7 Å². The van der Waals surface area contributed by atoms with Crippen molar-refractivity contribution in [2.75, 3.05) is 5.32 Å². The number of alkyl halides is 3. The Morgan fingerprint density at radius 2 is 1.96 bits per heavy atom. The van der Waals surface area contributed by atoms with E-state index in [0.717, 1.165) is 0 Å². The fraction of sp³-hybridized carbons (Fsp3) is 0.111. The van der Waals surface area contributed by atoms with Gasteiger partial charge >= 0.3 is 6.18 Å². The molecule has 3 rings (SSSR count). The molecular weight excluding hydrogens is 393 g/mol. The highest BCUT2D eigenvalue weighted by molar-refractivity contribution is 7.15. The number of halogens is 3. The molecule has 0 bridgehead atoms. The van der Waals surface area contributed by atoms with E-state index in [2.05, 4.69) is 21.6 Å². The zero-order chi connectivity index (χ0) is 20.1. The number of nitrogens with one attached hydrogen (secondary N) is 1. The predicted octanol–water partition coefficient (Wildman–Crippen LogP) is 4.26. The Bertz CT molecular complexity index is 1040. The second-order valence-corrected chi connectivity index (χ2v) is 6.43. The second kappa shape index (κ2) is 8.06. The van der Waals surface area contributed by atoms with Crippen molar-refractivity contribution in [2.45, 2.75) is 12.8 Å². The van der Waals surface area contributed by atoms with Crippen molar-refractivity contribution in [1.82, 2.24) is 10.2 Å². The molecular formula is C18H11F3N4O2S. The first-order chi connectivity index (χ1) is 13.4. The van der Waals surface area contributed by atoms with Crippen LogP contribution in [0.5, 0.6) is 5.75 Å². The third-order valence-electron chi connectivity index (χ3n) is 3.52. The number of carbonyl (C=O) groups excluding carboxylic acids is 1. The Kier molecular flexibility index (Phi) is 5.56. The smallest absolute Gasteiger partial charge is 0.445 e. The Morgan fingerprint density at radius 1 is 1.18 bits per heavy atom. The summed E-state index contributed by atoms with van der Waals surface area (Å²) in [6.07, 6.45) is -4.62. The van der Waals surface area contributed by atoms with Crippen molar-refractivity contribution in [3.63, 3.8) is 0 Å². The molecule has 0 saturated heterocycles. The minimum atomic E-state index is -4.62. The molecule has 0 unspecified atom stereocenters. The van der Waals surface area contributed by atoms with E-state index >= 15 is 0 Å². The van der Waals surface area contributed by atoms with Gasteiger partial charge in [-0.15, -0.1) is 10.2 Å². The molecule has 1 aromatic heterocycles. The van der Waals surface area contributed by atoms with Crippen LogP contribution in [0, 0.1) is 11.3 Å². The van der Waals surface area contributed by atoms with Crippen LogP contribution in [-0.2, 0) is 12.8 Å². The Morgan fingerprint density at radius 3 is 2.68 bits per heavy atom. The molecule has 1 heterocycles. The lowest BCUT2D eigenvalue weighted by Gasteiger charge is -2.09. The van der Waals surface area contributed by atoms with Gasteiger partial charge in [-0.3, -0.25) is 10.1 Å². The minimum absolute atomic E-state index is 0.125. The summed E-state index contributed by atoms with van der Waals surface area (Å²) in [7, 11) is 0. The number of ether oxygens (including phenoxy) is 1. The molecule has 0 aliphatic rings. The van der Waals surface area contributed by atoms with E-state index in [1.807, 2.05) is 0 Å². The Balaban J connectivity index is 1.68. The lowest BCUT2D eigenvalue weighted by molar-refractivity contribution is -0.138. The van der Waals surface area contributed by atoms with E-state index in [0.29, 0.717) is 16.9 Å². The Labute approximate surface area is 161 Å². The molecule has 0 spiro atoms. The molecule has 0 aliphatic carbocycles. The quantitative estimate of drug-likeness (QED) is 0.687. The maximum absolute atomic E-state index is 12.6. The van der Waals surface area contributed by atoms with E-state index in [1.165, 1.54) is 12.1 Å². The van der Waals surface area contributed by atoms with Crippen LogP contribution in [0.15, 0.2) is 48.5 Å². The molecule has 6 nitrogen and oxygen atoms in total. The number of anilines is 1. The SMILES string of the molecule is N#Cc1ccccc1COc1cccc(C(=O)Nc2nnc(C(F)(F)F)s2)c1. The van der Waals surface area contributed by atoms with Gasteiger partial charge in [0.25, 0.3) is 5.91 Å². The third-order valence-corrected chi connectivity index (χ3v) is 4.40. The Hall–Kier alpha value is -3.45. The van der Waals surface area contributed by atoms with E-state index in [1.54, 1.807) is 36.4 Å². The van der Waals surface area contributed by atoms with Crippen LogP contribution in [0.4, 0.5) is 18.3 Å². The van der Waals surface area contributed by atoms with Gasteiger partial charge in [-0.2, -0.15) is 18.4 Å². The molecule has 0 fully saturated rings. The van der Waals surface area contributed by atoms with E-state index < -0.39 is 17.1 Å². The first kappa shape index (κ1) is 19.3. The monoisotopic (exact) mass is 404 g/mol. The molecule has 1 amide bonds. The van der Waals surface area contributed by atoms with Crippen LogP contribution in [0.2, 0.25) is 0 Å². The molecule has 0 atom stereocenters. The highest BCUT2D eigenvalue weighted by Crippen LogP contribution is 2.33. The number of nitrogens with zero attached hydrogens (tertiary/aromatic N) is 3. The standard InChI is InChI=1S/C18H11F3N4O2S/c19-18(20,21)16-24-25-17(28-16)23-15(26)11-6-3-7-14(8-11)27-10-13-5-2-1-4-12(13)9-22/h1-8H,10H2,(H,23,25,26). The lowest BCUT2D eigenvalue weighted by Crippen LogP contribution is -2.11. The highest BCUT2D eigenvalue weighted by atomic mass is 32.1. The highest BCUT2D eigenvalue weighted by Gasteiger charge is 2.35. The van der Waals surface area contributed by atoms with Crippen LogP contribution < -0.4 is 10.1 Å². The van der Waals surface area contributed by atoms with Gasteiger partial charge in [0.15, 0.2) is 0 Å². The van der Waals surface area contributed by atoms with Crippen LogP contribution >= 0.6 is 11.3 Å². The number of rotatable bonds is 5. The zero-order valence-electron chi connectivity index (χ0n) is 14.0. The topological polar surface area (TPSA) is 87.9 Å². The number of amides is 1. The van der Waals surface area contributed by atoms with Crippen molar-refractivity contribution in [3.8, 4) is 11.8 Å². The average molecular weight is 404 g/mol. The predicted molar refractivity (Wildman–Crippen MR) is 94.8 cm³/mol. The first-order valence-corrected chi connectivity index (χ1v) is 8.61. The number of aromatic nitrogens is 2. The fourth-order valence-corrected chi connectivity index (χ4v) is 2.81. The lowest BCUT2D eigenvalue weighted by atomic mass is 10.1. The van der Waals surface area contributed by atoms with Gasteiger partial charge in [0.2, 0.25) is 10.1 Å². The van der Waals surface area contributed by atoms with Gasteiger partial charge in [0.05, 0.1) is 11.6 Å². The maximum Gasteiger partial charge on any atom is 0.445 e. The zero-order valence-corrected chi connectivity index (χ0v) is 14.8. The molecule has 28 heavy (non-hydrogen) atoms. The summed E-state index contributed by atoms with van der Waals surface area (Å²) in [5.74, 6) is -0.276. The van der Waals surface area contributed by atoms with Crippen molar-refractivity contribution in [1.29, 1.82) is 5.26 Å². The third kappa shape index (κ3) is 4.63. The van der Waals surface area contributed by atoms with Crippen LogP contribution in [0.3, 0.4) is 0 Å². The molecule has 3 aromatic rings. The van der Waals surface area contributed by atoms with E-state index in [9.17, 15) is 18.0 Å². The number of hydrogen-bond donors (Lipinski definition) is 1. The summed E-state index contributed by atoms with van der Waals surface area (Å²) in [5.41, 5.74) is 1.34. The van der Waals surface area contributed by atoms with Gasteiger partial charge in [-0.05, 0) is 24.3 Å². The van der Waals surface area contributed by atoms with Crippen LogP contribution in [0.25, 0.3) is 0 Å². The van der Waals surface area contributed by atoms with Gasteiger partial charge in [-0.1, -0.05) is 35.6 Å². The minimum Gasteiger partial charge on any atom is -0.489 e. The summed E-state index contributed by atoms with van der Waals surface area (Å²) in [4.78, 5) is 12.2. The summed E-state index contributed by atoms with van der Waals surface area (Å²) in [6.45, 7) is 0.125. The number of benzene rings is 2. The number of hydrogen-bond acceptors (Lipinski definition) is 6. The van der Waals surface area contributed by atoms with Gasteiger partial charge in [-0.25, -0.2) is 0 Å². The summed E-state index contributed by atoms with van der Waals surface area (Å²) < 4.78 is 43.3. The van der Waals surface area contributed by atoms with Crippen molar-refractivity contribution >= 4 is 22.4 Å². The van der Waals surface area contributed by atoms with E-state index in [4.69, 9.17) is 10.00 Å². The van der Waals surface area contributed by atoms with Gasteiger partial charge in [0.1, 0.15) is 12.4 Å². The summed E-state index contributed by atoms with van der Waals surface area (Å²) in [6, 6.07) is 15.1. The molecule has 0 radical (unpaired) electrons. The van der Waals surface area contributed by atoms with Crippen molar-refractivity contribution in [2.24, 2.45) is 0 Å². The summed E-state index contributed by atoms with van der Waals surface area (Å²) in [5, 5.41) is 16.3. The molecule has 0 saturated carbocycles. The first-order valence-electron chi connectivity index (χ1n) is 7.80. The van der Waals surface area contributed by atoms with Gasteiger partial charge < -0.3 is 4.74 Å². The molecule has 10 heteroatoms. The van der Waals surface area contributed by atoms with E-state index in [-0.39, 0.29) is 28.6 Å². The molecule has 142 valence electrons. The van der Waals surface area contributed by atoms with Crippen molar-refractivity contribution in [3.05, 3.63) is 70.2 Å². The van der Waals surface area contributed by atoms with Crippen LogP contribution in [0.1, 0.15) is 26.5 Å². The molecule has 1 N–H and O–H groups in total. The molecule has 2 aromatic carbocycles. The number of nitriles is 1. The average Bonchev–Trinajstić information content (AvgIpc) is 3.16. The summed E-state index contributed by atoms with van der Waals surface area (Å²) >= 11 is 0.238. The van der Waals surface area contributed by atoms with Crippen LogP contribution in [-0.4, -0.2) is 16.1 Å². The fourth-order valence-electron chi connectivity index (χ4n) is 2.20. The molecule has 0 aliphatic heterocycles. The number of carbonyl (C=O) groups is 1. The normalized spacial score (nSPS) is 10.9. The largest absolute Gasteiger partial charge is 0.489 e. The maximum atomic E-state index is 12.6. The van der Waals surface area contributed by atoms with Gasteiger partial charge in [0, 0.05) is 11.1 Å².